The molecular weight excluding hydrogens is 432 g/mol. The summed E-state index contributed by atoms with van der Waals surface area (Å²) < 4.78 is 5.58. The Morgan fingerprint density at radius 3 is 2.21 bits per heavy atom. The lowest BCUT2D eigenvalue weighted by atomic mass is 9.84. The summed E-state index contributed by atoms with van der Waals surface area (Å²) in [7, 11) is 0. The van der Waals surface area contributed by atoms with Gasteiger partial charge in [-0.1, -0.05) is 61.4 Å². The molecule has 1 fully saturated rings. The number of terminal acetylenes is 1. The molecule has 0 aliphatic heterocycles. The van der Waals surface area contributed by atoms with Crippen molar-refractivity contribution in [3.63, 3.8) is 0 Å². The first-order chi connectivity index (χ1) is 16.4. The molecule has 2 aromatic rings. The molecule has 176 valence electrons. The number of carboxylic acid groups (broad SMARTS) is 1. The van der Waals surface area contributed by atoms with E-state index >= 15 is 0 Å². The lowest BCUT2D eigenvalue weighted by Crippen LogP contribution is -2.51. The van der Waals surface area contributed by atoms with Gasteiger partial charge in [0.05, 0.1) is 5.41 Å². The zero-order chi connectivity index (χ0) is 24.1. The van der Waals surface area contributed by atoms with Crippen LogP contribution in [-0.2, 0) is 14.3 Å². The highest BCUT2D eigenvalue weighted by molar-refractivity contribution is 5.88. The Labute approximate surface area is 198 Å². The molecule has 1 saturated carbocycles. The van der Waals surface area contributed by atoms with Crippen molar-refractivity contribution in [1.29, 1.82) is 0 Å². The average molecular weight is 461 g/mol. The standard InChI is InChI=1S/C27H28N2O5/c1-2-9-23(24(30)31)29-25(32)27(14-7-8-15-27)17-28-26(33)34-16-22-20-12-5-3-10-18(20)19-11-4-6-13-21(19)22/h1,3-6,10-13,22-23H,7-9,14-17H2,(H,28,33)(H,29,32)(H,30,31). The van der Waals surface area contributed by atoms with Crippen LogP contribution in [0.25, 0.3) is 11.1 Å². The summed E-state index contributed by atoms with van der Waals surface area (Å²) in [4.78, 5) is 37.0. The number of carboxylic acids is 1. The van der Waals surface area contributed by atoms with E-state index in [4.69, 9.17) is 11.2 Å². The molecule has 34 heavy (non-hydrogen) atoms. The minimum absolute atomic E-state index is 0.0537. The summed E-state index contributed by atoms with van der Waals surface area (Å²) in [5, 5.41) is 14.6. The van der Waals surface area contributed by atoms with Crippen LogP contribution >= 0.6 is 0 Å². The number of aliphatic carboxylic acids is 1. The Morgan fingerprint density at radius 1 is 1.06 bits per heavy atom. The number of amides is 2. The highest BCUT2D eigenvalue weighted by Crippen LogP contribution is 2.44. The molecule has 7 nitrogen and oxygen atoms in total. The van der Waals surface area contributed by atoms with E-state index < -0.39 is 29.4 Å². The number of rotatable bonds is 8. The van der Waals surface area contributed by atoms with Crippen LogP contribution in [0.5, 0.6) is 0 Å². The number of hydrogen-bond acceptors (Lipinski definition) is 4. The summed E-state index contributed by atoms with van der Waals surface area (Å²) in [5.74, 6) is 0.653. The van der Waals surface area contributed by atoms with Gasteiger partial charge in [-0.15, -0.1) is 12.3 Å². The summed E-state index contributed by atoms with van der Waals surface area (Å²) >= 11 is 0. The third-order valence-electron chi connectivity index (χ3n) is 6.88. The Hall–Kier alpha value is -3.79. The molecule has 0 spiro atoms. The van der Waals surface area contributed by atoms with Gasteiger partial charge in [-0.05, 0) is 35.1 Å². The lowest BCUT2D eigenvalue weighted by molar-refractivity contribution is -0.143. The lowest BCUT2D eigenvalue weighted by Gasteiger charge is -2.29. The van der Waals surface area contributed by atoms with Gasteiger partial charge in [-0.25, -0.2) is 9.59 Å². The molecule has 0 bridgehead atoms. The van der Waals surface area contributed by atoms with Crippen molar-refractivity contribution >= 4 is 18.0 Å². The number of alkyl carbamates (subject to hydrolysis) is 1. The maximum atomic E-state index is 13.0. The van der Waals surface area contributed by atoms with Gasteiger partial charge in [0.2, 0.25) is 5.91 Å². The topological polar surface area (TPSA) is 105 Å². The fraction of sp³-hybridized carbons (Fsp3) is 0.370. The smallest absolute Gasteiger partial charge is 0.407 e. The van der Waals surface area contributed by atoms with Crippen LogP contribution in [0.4, 0.5) is 4.79 Å². The number of ether oxygens (including phenoxy) is 1. The highest BCUT2D eigenvalue weighted by atomic mass is 16.5. The quantitative estimate of drug-likeness (QED) is 0.522. The number of carbonyl (C=O) groups is 3. The zero-order valence-corrected chi connectivity index (χ0v) is 18.9. The molecule has 2 aromatic carbocycles. The van der Waals surface area contributed by atoms with E-state index in [0.29, 0.717) is 12.8 Å². The van der Waals surface area contributed by atoms with Crippen molar-refractivity contribution in [3.05, 3.63) is 59.7 Å². The molecule has 0 heterocycles. The first-order valence-electron chi connectivity index (χ1n) is 11.5. The minimum atomic E-state index is -1.18. The van der Waals surface area contributed by atoms with Gasteiger partial charge >= 0.3 is 12.1 Å². The molecule has 1 atom stereocenters. The summed E-state index contributed by atoms with van der Waals surface area (Å²) in [6.07, 6.45) is 7.31. The number of fused-ring (bicyclic) bond motifs is 3. The van der Waals surface area contributed by atoms with E-state index in [1.54, 1.807) is 0 Å². The monoisotopic (exact) mass is 460 g/mol. The molecule has 2 aliphatic carbocycles. The summed E-state index contributed by atoms with van der Waals surface area (Å²) in [6, 6.07) is 15.0. The van der Waals surface area contributed by atoms with Gasteiger partial charge in [-0.3, -0.25) is 4.79 Å². The van der Waals surface area contributed by atoms with E-state index in [0.717, 1.165) is 35.1 Å². The minimum Gasteiger partial charge on any atom is -0.480 e. The fourth-order valence-corrected chi connectivity index (χ4v) is 5.06. The van der Waals surface area contributed by atoms with Crippen molar-refractivity contribution in [2.24, 2.45) is 5.41 Å². The third-order valence-corrected chi connectivity index (χ3v) is 6.88. The molecule has 7 heteroatoms. The van der Waals surface area contributed by atoms with Crippen LogP contribution in [0.2, 0.25) is 0 Å². The van der Waals surface area contributed by atoms with Crippen LogP contribution in [-0.4, -0.2) is 42.3 Å². The SMILES string of the molecule is C#CCC(NC(=O)C1(CNC(=O)OCC2c3ccccc3-c3ccccc32)CCCC1)C(=O)O. The van der Waals surface area contributed by atoms with Gasteiger partial charge in [0.25, 0.3) is 0 Å². The molecule has 4 rings (SSSR count). The molecule has 2 amide bonds. The van der Waals surface area contributed by atoms with Gasteiger partial charge in [0.1, 0.15) is 12.6 Å². The van der Waals surface area contributed by atoms with Gasteiger partial charge in [0.15, 0.2) is 0 Å². The van der Waals surface area contributed by atoms with E-state index in [1.165, 1.54) is 0 Å². The summed E-state index contributed by atoms with van der Waals surface area (Å²) in [6.45, 7) is 0.264. The van der Waals surface area contributed by atoms with Crippen molar-refractivity contribution in [2.75, 3.05) is 13.2 Å². The van der Waals surface area contributed by atoms with E-state index in [2.05, 4.69) is 28.7 Å². The second-order valence-electron chi connectivity index (χ2n) is 8.94. The van der Waals surface area contributed by atoms with Gasteiger partial charge in [-0.2, -0.15) is 0 Å². The number of carbonyl (C=O) groups excluding carboxylic acids is 2. The van der Waals surface area contributed by atoms with Crippen LogP contribution in [0.1, 0.15) is 49.1 Å². The molecule has 0 saturated heterocycles. The van der Waals surface area contributed by atoms with Crippen LogP contribution in [0.3, 0.4) is 0 Å². The highest BCUT2D eigenvalue weighted by Gasteiger charge is 2.43. The molecule has 2 aliphatic rings. The molecule has 0 radical (unpaired) electrons. The Bertz CT molecular complexity index is 1080. The van der Waals surface area contributed by atoms with Crippen LogP contribution in [0, 0.1) is 17.8 Å². The molecule has 3 N–H and O–H groups in total. The second-order valence-corrected chi connectivity index (χ2v) is 8.94. The van der Waals surface area contributed by atoms with Crippen LogP contribution < -0.4 is 10.6 Å². The van der Waals surface area contributed by atoms with Crippen molar-refractivity contribution in [1.82, 2.24) is 10.6 Å². The van der Waals surface area contributed by atoms with E-state index in [1.807, 2.05) is 36.4 Å². The second kappa shape index (κ2) is 10.0. The van der Waals surface area contributed by atoms with Crippen molar-refractivity contribution < 1.29 is 24.2 Å². The van der Waals surface area contributed by atoms with E-state index in [-0.39, 0.29) is 25.5 Å². The van der Waals surface area contributed by atoms with E-state index in [9.17, 15) is 19.5 Å². The maximum absolute atomic E-state index is 13.0. The largest absolute Gasteiger partial charge is 0.480 e. The zero-order valence-electron chi connectivity index (χ0n) is 18.9. The Kier molecular flexibility index (Phi) is 6.87. The first kappa shape index (κ1) is 23.4. The number of nitrogens with one attached hydrogen (secondary N) is 2. The normalized spacial score (nSPS) is 16.6. The molecular formula is C27H28N2O5. The molecule has 0 aromatic heterocycles. The molecule has 1 unspecified atom stereocenters. The Balaban J connectivity index is 1.38. The first-order valence-corrected chi connectivity index (χ1v) is 11.5. The maximum Gasteiger partial charge on any atom is 0.407 e. The predicted octanol–water partition coefficient (Wildman–Crippen LogP) is 3.68. The average Bonchev–Trinajstić information content (AvgIpc) is 3.45. The van der Waals surface area contributed by atoms with Crippen molar-refractivity contribution in [2.45, 2.75) is 44.1 Å². The number of hydrogen-bond donors (Lipinski definition) is 3. The van der Waals surface area contributed by atoms with Gasteiger partial charge in [0, 0.05) is 18.9 Å². The predicted molar refractivity (Wildman–Crippen MR) is 127 cm³/mol. The van der Waals surface area contributed by atoms with Crippen LogP contribution in [0.15, 0.2) is 48.5 Å². The number of benzene rings is 2. The Morgan fingerprint density at radius 2 is 1.65 bits per heavy atom. The summed E-state index contributed by atoms with van der Waals surface area (Å²) in [5.41, 5.74) is 3.67. The fourth-order valence-electron chi connectivity index (χ4n) is 5.06. The third kappa shape index (κ3) is 4.62. The van der Waals surface area contributed by atoms with Gasteiger partial charge < -0.3 is 20.5 Å². The van der Waals surface area contributed by atoms with Crippen molar-refractivity contribution in [3.8, 4) is 23.5 Å².